The highest BCUT2D eigenvalue weighted by Crippen LogP contribution is 2.33. The second-order valence-corrected chi connectivity index (χ2v) is 4.99. The van der Waals surface area contributed by atoms with Crippen molar-refractivity contribution in [1.29, 1.82) is 0 Å². The molecule has 114 valence electrons. The van der Waals surface area contributed by atoms with Crippen LogP contribution >= 0.6 is 0 Å². The molecule has 1 aromatic heterocycles. The van der Waals surface area contributed by atoms with E-state index in [-0.39, 0.29) is 5.56 Å². The molecule has 0 unspecified atom stereocenters. The highest BCUT2D eigenvalue weighted by Gasteiger charge is 2.32. The van der Waals surface area contributed by atoms with Gasteiger partial charge in [0.1, 0.15) is 0 Å². The first-order valence-electron chi connectivity index (χ1n) is 6.83. The van der Waals surface area contributed by atoms with Gasteiger partial charge in [-0.3, -0.25) is 4.68 Å². The quantitative estimate of drug-likeness (QED) is 0.895. The van der Waals surface area contributed by atoms with Crippen LogP contribution in [0.15, 0.2) is 30.6 Å². The number of aryl methyl sites for hydroxylation is 2. The van der Waals surface area contributed by atoms with Crippen molar-refractivity contribution in [2.24, 2.45) is 0 Å². The third-order valence-corrected chi connectivity index (χ3v) is 3.18. The van der Waals surface area contributed by atoms with Crippen molar-refractivity contribution in [2.75, 3.05) is 5.32 Å². The topological polar surface area (TPSA) is 29.9 Å². The number of aromatic nitrogens is 2. The molecule has 1 heterocycles. The Kier molecular flexibility index (Phi) is 4.55. The molecule has 1 aromatic carbocycles. The van der Waals surface area contributed by atoms with Gasteiger partial charge in [-0.2, -0.15) is 18.3 Å². The molecule has 0 atom stereocenters. The Labute approximate surface area is 121 Å². The van der Waals surface area contributed by atoms with Crippen LogP contribution in [0.1, 0.15) is 30.0 Å². The minimum absolute atomic E-state index is 0.226. The fourth-order valence-corrected chi connectivity index (χ4v) is 2.09. The van der Waals surface area contributed by atoms with Crippen molar-refractivity contribution in [3.05, 3.63) is 47.3 Å². The van der Waals surface area contributed by atoms with Crippen LogP contribution < -0.4 is 5.32 Å². The third-order valence-electron chi connectivity index (χ3n) is 3.18. The Bertz CT molecular complexity index is 602. The lowest BCUT2D eigenvalue weighted by Gasteiger charge is -2.13. The van der Waals surface area contributed by atoms with Gasteiger partial charge in [-0.1, -0.05) is 13.0 Å². The summed E-state index contributed by atoms with van der Waals surface area (Å²) in [7, 11) is 0. The maximum absolute atomic E-state index is 12.8. The molecule has 6 heteroatoms. The Morgan fingerprint density at radius 1 is 1.29 bits per heavy atom. The number of nitrogens with zero attached hydrogens (tertiary/aromatic N) is 2. The molecule has 0 saturated carbocycles. The molecule has 0 fully saturated rings. The molecule has 21 heavy (non-hydrogen) atoms. The van der Waals surface area contributed by atoms with E-state index in [9.17, 15) is 13.2 Å². The van der Waals surface area contributed by atoms with Gasteiger partial charge in [-0.15, -0.1) is 0 Å². The Balaban J connectivity index is 2.06. The van der Waals surface area contributed by atoms with Crippen molar-refractivity contribution in [3.8, 4) is 0 Å². The van der Waals surface area contributed by atoms with Crippen LogP contribution in [0.2, 0.25) is 0 Å². The molecule has 1 N–H and O–H groups in total. The van der Waals surface area contributed by atoms with Crippen molar-refractivity contribution in [3.63, 3.8) is 0 Å². The maximum atomic E-state index is 12.8. The number of hydrogen-bond donors (Lipinski definition) is 1. The minimum atomic E-state index is -4.33. The van der Waals surface area contributed by atoms with Gasteiger partial charge in [-0.05, 0) is 31.0 Å². The lowest BCUT2D eigenvalue weighted by Crippen LogP contribution is -2.08. The predicted octanol–water partition coefficient (Wildman–Crippen LogP) is 4.23. The lowest BCUT2D eigenvalue weighted by atomic mass is 10.1. The predicted molar refractivity (Wildman–Crippen MR) is 76.0 cm³/mol. The molecule has 2 rings (SSSR count). The van der Waals surface area contributed by atoms with Crippen LogP contribution in [0.25, 0.3) is 0 Å². The van der Waals surface area contributed by atoms with Gasteiger partial charge in [0.2, 0.25) is 0 Å². The summed E-state index contributed by atoms with van der Waals surface area (Å²) < 4.78 is 40.3. The van der Waals surface area contributed by atoms with Crippen LogP contribution in [-0.2, 0) is 19.3 Å². The molecule has 0 aliphatic rings. The number of nitrogens with one attached hydrogen (secondary N) is 1. The Morgan fingerprint density at radius 2 is 2.05 bits per heavy atom. The Morgan fingerprint density at radius 3 is 2.71 bits per heavy atom. The SMILES string of the molecule is CCCn1cc(CNc2ccc(C)c(C(F)(F)F)c2)cn1. The summed E-state index contributed by atoms with van der Waals surface area (Å²) in [5.74, 6) is 0. The zero-order valence-electron chi connectivity index (χ0n) is 12.0. The summed E-state index contributed by atoms with van der Waals surface area (Å²) >= 11 is 0. The van der Waals surface area contributed by atoms with E-state index in [2.05, 4.69) is 17.3 Å². The van der Waals surface area contributed by atoms with E-state index in [1.54, 1.807) is 12.3 Å². The smallest absolute Gasteiger partial charge is 0.381 e. The summed E-state index contributed by atoms with van der Waals surface area (Å²) in [6.45, 7) is 4.80. The lowest BCUT2D eigenvalue weighted by molar-refractivity contribution is -0.138. The third kappa shape index (κ3) is 4.00. The first-order chi connectivity index (χ1) is 9.90. The van der Waals surface area contributed by atoms with Crippen molar-refractivity contribution < 1.29 is 13.2 Å². The second-order valence-electron chi connectivity index (χ2n) is 4.99. The molecular formula is C15H18F3N3. The number of alkyl halides is 3. The molecule has 0 aliphatic heterocycles. The average molecular weight is 297 g/mol. The molecule has 0 bridgehead atoms. The van der Waals surface area contributed by atoms with Crippen LogP contribution in [0, 0.1) is 6.92 Å². The fourth-order valence-electron chi connectivity index (χ4n) is 2.09. The number of hydrogen-bond acceptors (Lipinski definition) is 2. The van der Waals surface area contributed by atoms with Gasteiger partial charge in [0.15, 0.2) is 0 Å². The fraction of sp³-hybridized carbons (Fsp3) is 0.400. The van der Waals surface area contributed by atoms with Gasteiger partial charge < -0.3 is 5.32 Å². The van der Waals surface area contributed by atoms with E-state index >= 15 is 0 Å². The molecule has 2 aromatic rings. The van der Waals surface area contributed by atoms with E-state index in [4.69, 9.17) is 0 Å². The molecule has 0 radical (unpaired) electrons. The summed E-state index contributed by atoms with van der Waals surface area (Å²) in [5, 5.41) is 7.19. The highest BCUT2D eigenvalue weighted by atomic mass is 19.4. The highest BCUT2D eigenvalue weighted by molar-refractivity contribution is 5.49. The largest absolute Gasteiger partial charge is 0.416 e. The standard InChI is InChI=1S/C15H18F3N3/c1-3-6-21-10-12(9-20-21)8-19-13-5-4-11(2)14(7-13)15(16,17)18/h4-5,7,9-10,19H,3,6,8H2,1-2H3. The monoisotopic (exact) mass is 297 g/mol. The first-order valence-corrected chi connectivity index (χ1v) is 6.83. The van der Waals surface area contributed by atoms with Gasteiger partial charge in [0.05, 0.1) is 11.8 Å². The molecule has 0 saturated heterocycles. The van der Waals surface area contributed by atoms with Crippen molar-refractivity contribution >= 4 is 5.69 Å². The normalized spacial score (nSPS) is 11.7. The van der Waals surface area contributed by atoms with Crippen molar-refractivity contribution in [1.82, 2.24) is 9.78 Å². The maximum Gasteiger partial charge on any atom is 0.416 e. The molecule has 0 amide bonds. The van der Waals surface area contributed by atoms with E-state index in [0.717, 1.165) is 24.6 Å². The second kappa shape index (κ2) is 6.20. The van der Waals surface area contributed by atoms with E-state index in [1.807, 2.05) is 10.9 Å². The van der Waals surface area contributed by atoms with Gasteiger partial charge in [0, 0.05) is 30.5 Å². The summed E-state index contributed by atoms with van der Waals surface area (Å²) in [6, 6.07) is 4.28. The van der Waals surface area contributed by atoms with E-state index in [0.29, 0.717) is 12.2 Å². The first kappa shape index (κ1) is 15.4. The number of rotatable bonds is 5. The number of halogens is 3. The van der Waals surface area contributed by atoms with Crippen LogP contribution in [0.4, 0.5) is 18.9 Å². The van der Waals surface area contributed by atoms with Crippen molar-refractivity contribution in [2.45, 2.75) is 39.5 Å². The van der Waals surface area contributed by atoms with Gasteiger partial charge in [-0.25, -0.2) is 0 Å². The summed E-state index contributed by atoms with van der Waals surface area (Å²) in [4.78, 5) is 0. The van der Waals surface area contributed by atoms with Crippen LogP contribution in [0.3, 0.4) is 0 Å². The van der Waals surface area contributed by atoms with Gasteiger partial charge >= 0.3 is 6.18 Å². The van der Waals surface area contributed by atoms with E-state index in [1.165, 1.54) is 13.0 Å². The average Bonchev–Trinajstić information content (AvgIpc) is 2.85. The molecule has 0 spiro atoms. The zero-order chi connectivity index (χ0) is 15.5. The van der Waals surface area contributed by atoms with Crippen LogP contribution in [-0.4, -0.2) is 9.78 Å². The summed E-state index contributed by atoms with van der Waals surface area (Å²) in [6.07, 6.45) is 0.284. The molecule has 0 aliphatic carbocycles. The molecular weight excluding hydrogens is 279 g/mol. The minimum Gasteiger partial charge on any atom is -0.381 e. The molecule has 3 nitrogen and oxygen atoms in total. The summed E-state index contributed by atoms with van der Waals surface area (Å²) in [5.41, 5.74) is 1.02. The Hall–Kier alpha value is -1.98. The van der Waals surface area contributed by atoms with E-state index < -0.39 is 11.7 Å². The van der Waals surface area contributed by atoms with Gasteiger partial charge in [0.25, 0.3) is 0 Å². The van der Waals surface area contributed by atoms with Crippen LogP contribution in [0.5, 0.6) is 0 Å². The zero-order valence-corrected chi connectivity index (χ0v) is 12.0. The number of benzene rings is 1. The number of anilines is 1.